The molecular weight excluding hydrogens is 478 g/mol. The number of ether oxygens (including phenoxy) is 1. The normalized spacial score (nSPS) is 18.1. The minimum Gasteiger partial charge on any atom is -0.495 e. The molecule has 9 heteroatoms. The van der Waals surface area contributed by atoms with Gasteiger partial charge in [-0.1, -0.05) is 43.0 Å². The highest BCUT2D eigenvalue weighted by atomic mass is 16.5. The highest BCUT2D eigenvalue weighted by molar-refractivity contribution is 5.79. The van der Waals surface area contributed by atoms with Gasteiger partial charge in [0.2, 0.25) is 0 Å². The molecule has 2 aromatic heterocycles. The molecule has 1 saturated heterocycles. The fraction of sp³-hybridized carbons (Fsp3) is 0.448. The molecule has 0 amide bonds. The predicted molar refractivity (Wildman–Crippen MR) is 148 cm³/mol. The molecule has 1 saturated carbocycles. The standard InChI is InChI=1S/C29H35N7O2/c1-20-12-13-24-21(18-20)19-23(29(37)30-24)27(28-31-32-33-36(28)22-8-4-3-5-9-22)35-16-14-34(15-17-35)25-10-6-7-11-26(25)38-2/h6-7,10-13,18-19,22,27H,3-5,8-9,14-17H2,1-2H3,(H,30,37). The number of H-pyrrole nitrogens is 1. The second-order valence-electron chi connectivity index (χ2n) is 10.5. The molecule has 1 N–H and O–H groups in total. The van der Waals surface area contributed by atoms with Crippen LogP contribution in [0.2, 0.25) is 0 Å². The molecule has 0 bridgehead atoms. The molecule has 198 valence electrons. The molecule has 0 spiro atoms. The molecule has 1 atom stereocenters. The van der Waals surface area contributed by atoms with Gasteiger partial charge in [-0.15, -0.1) is 5.10 Å². The molecule has 0 radical (unpaired) electrons. The smallest absolute Gasteiger partial charge is 0.253 e. The molecule has 3 heterocycles. The van der Waals surface area contributed by atoms with Gasteiger partial charge in [0.1, 0.15) is 11.8 Å². The summed E-state index contributed by atoms with van der Waals surface area (Å²) < 4.78 is 7.63. The first-order valence-corrected chi connectivity index (χ1v) is 13.7. The minimum absolute atomic E-state index is 0.0864. The van der Waals surface area contributed by atoms with Gasteiger partial charge < -0.3 is 14.6 Å². The number of methoxy groups -OCH3 is 1. The second kappa shape index (κ2) is 10.6. The van der Waals surface area contributed by atoms with E-state index in [4.69, 9.17) is 4.74 Å². The van der Waals surface area contributed by atoms with Crippen molar-refractivity contribution in [3.63, 3.8) is 0 Å². The fourth-order valence-corrected chi connectivity index (χ4v) is 6.12. The summed E-state index contributed by atoms with van der Waals surface area (Å²) in [6, 6.07) is 16.2. The van der Waals surface area contributed by atoms with Crippen LogP contribution in [0.4, 0.5) is 5.69 Å². The number of hydrogen-bond acceptors (Lipinski definition) is 7. The van der Waals surface area contributed by atoms with Crippen LogP contribution in [0.15, 0.2) is 53.3 Å². The van der Waals surface area contributed by atoms with Crippen LogP contribution in [0.3, 0.4) is 0 Å². The van der Waals surface area contributed by atoms with Crippen molar-refractivity contribution in [2.75, 3.05) is 38.2 Å². The monoisotopic (exact) mass is 513 g/mol. The van der Waals surface area contributed by atoms with Gasteiger partial charge in [0, 0.05) is 37.3 Å². The van der Waals surface area contributed by atoms with E-state index >= 15 is 0 Å². The Balaban J connectivity index is 1.39. The van der Waals surface area contributed by atoms with Crippen molar-refractivity contribution in [2.24, 2.45) is 0 Å². The van der Waals surface area contributed by atoms with Crippen molar-refractivity contribution < 1.29 is 4.74 Å². The third kappa shape index (κ3) is 4.67. The Bertz CT molecular complexity index is 1470. The highest BCUT2D eigenvalue weighted by Crippen LogP contribution is 2.35. The molecule has 2 aliphatic rings. The van der Waals surface area contributed by atoms with Crippen molar-refractivity contribution in [1.82, 2.24) is 30.1 Å². The van der Waals surface area contributed by atoms with Gasteiger partial charge >= 0.3 is 0 Å². The lowest BCUT2D eigenvalue weighted by Gasteiger charge is -2.40. The van der Waals surface area contributed by atoms with Crippen molar-refractivity contribution in [2.45, 2.75) is 51.1 Å². The topological polar surface area (TPSA) is 92.2 Å². The van der Waals surface area contributed by atoms with E-state index in [0.29, 0.717) is 5.56 Å². The van der Waals surface area contributed by atoms with Gasteiger partial charge in [0.25, 0.3) is 5.56 Å². The number of pyridine rings is 1. The summed E-state index contributed by atoms with van der Waals surface area (Å²) in [5.41, 5.74) is 3.70. The molecule has 4 aromatic rings. The van der Waals surface area contributed by atoms with E-state index in [1.54, 1.807) is 7.11 Å². The van der Waals surface area contributed by atoms with E-state index in [1.807, 2.05) is 41.1 Å². The van der Waals surface area contributed by atoms with Crippen LogP contribution in [0.5, 0.6) is 5.75 Å². The lowest BCUT2D eigenvalue weighted by atomic mass is 9.95. The molecule has 2 aromatic carbocycles. The third-order valence-corrected chi connectivity index (χ3v) is 8.11. The number of para-hydroxylation sites is 2. The summed E-state index contributed by atoms with van der Waals surface area (Å²) in [5.74, 6) is 1.64. The Hall–Kier alpha value is -3.72. The summed E-state index contributed by atoms with van der Waals surface area (Å²) in [4.78, 5) is 21.4. The zero-order chi connectivity index (χ0) is 26.1. The number of aromatic amines is 1. The summed E-state index contributed by atoms with van der Waals surface area (Å²) in [5, 5.41) is 14.2. The maximum Gasteiger partial charge on any atom is 0.253 e. The fourth-order valence-electron chi connectivity index (χ4n) is 6.12. The Kier molecular flexibility index (Phi) is 6.84. The van der Waals surface area contributed by atoms with E-state index in [9.17, 15) is 4.79 Å². The lowest BCUT2D eigenvalue weighted by Crippen LogP contribution is -2.49. The number of aromatic nitrogens is 5. The number of piperazine rings is 1. The number of nitrogens with one attached hydrogen (secondary N) is 1. The third-order valence-electron chi connectivity index (χ3n) is 8.11. The van der Waals surface area contributed by atoms with Gasteiger partial charge in [-0.3, -0.25) is 9.69 Å². The zero-order valence-electron chi connectivity index (χ0n) is 22.1. The number of tetrazole rings is 1. The number of aryl methyl sites for hydroxylation is 1. The van der Waals surface area contributed by atoms with Gasteiger partial charge in [-0.2, -0.15) is 0 Å². The Morgan fingerprint density at radius 2 is 1.79 bits per heavy atom. The van der Waals surface area contributed by atoms with E-state index in [2.05, 4.69) is 49.4 Å². The first-order chi connectivity index (χ1) is 18.6. The average molecular weight is 514 g/mol. The van der Waals surface area contributed by atoms with E-state index < -0.39 is 0 Å². The van der Waals surface area contributed by atoms with Crippen LogP contribution in [-0.2, 0) is 0 Å². The minimum atomic E-state index is -0.333. The number of hydrogen-bond donors (Lipinski definition) is 1. The van der Waals surface area contributed by atoms with Crippen LogP contribution in [0.1, 0.15) is 61.1 Å². The number of benzene rings is 2. The number of rotatable bonds is 6. The molecule has 9 nitrogen and oxygen atoms in total. The van der Waals surface area contributed by atoms with Crippen LogP contribution >= 0.6 is 0 Å². The Morgan fingerprint density at radius 1 is 1.00 bits per heavy atom. The first kappa shape index (κ1) is 24.6. The van der Waals surface area contributed by atoms with Crippen LogP contribution in [0, 0.1) is 6.92 Å². The van der Waals surface area contributed by atoms with Crippen molar-refractivity contribution in [3.05, 3.63) is 75.8 Å². The highest BCUT2D eigenvalue weighted by Gasteiger charge is 2.34. The lowest BCUT2D eigenvalue weighted by molar-refractivity contribution is 0.192. The summed E-state index contributed by atoms with van der Waals surface area (Å²) in [6.45, 7) is 5.23. The molecule has 38 heavy (non-hydrogen) atoms. The first-order valence-electron chi connectivity index (χ1n) is 13.7. The van der Waals surface area contributed by atoms with Crippen LogP contribution < -0.4 is 15.2 Å². The van der Waals surface area contributed by atoms with Gasteiger partial charge in [-0.05, 0) is 65.9 Å². The molecule has 6 rings (SSSR count). The van der Waals surface area contributed by atoms with Crippen molar-refractivity contribution >= 4 is 16.6 Å². The summed E-state index contributed by atoms with van der Waals surface area (Å²) in [6.07, 6.45) is 5.76. The number of nitrogens with zero attached hydrogens (tertiary/aromatic N) is 6. The number of anilines is 1. The average Bonchev–Trinajstić information content (AvgIpc) is 3.44. The molecule has 1 unspecified atom stereocenters. The quantitative estimate of drug-likeness (QED) is 0.412. The van der Waals surface area contributed by atoms with E-state index in [-0.39, 0.29) is 17.6 Å². The van der Waals surface area contributed by atoms with Gasteiger partial charge in [-0.25, -0.2) is 4.68 Å². The SMILES string of the molecule is COc1ccccc1N1CCN(C(c2cc3cc(C)ccc3[nH]c2=O)c2nnnn2C2CCCCC2)CC1. The van der Waals surface area contributed by atoms with E-state index in [0.717, 1.165) is 72.7 Å². The van der Waals surface area contributed by atoms with Crippen molar-refractivity contribution in [1.29, 1.82) is 0 Å². The van der Waals surface area contributed by atoms with Crippen LogP contribution in [0.25, 0.3) is 10.9 Å². The molecule has 1 aliphatic heterocycles. The van der Waals surface area contributed by atoms with Gasteiger partial charge in [0.05, 0.1) is 18.8 Å². The zero-order valence-corrected chi connectivity index (χ0v) is 22.1. The summed E-state index contributed by atoms with van der Waals surface area (Å²) >= 11 is 0. The largest absolute Gasteiger partial charge is 0.495 e. The van der Waals surface area contributed by atoms with Crippen molar-refractivity contribution in [3.8, 4) is 5.75 Å². The predicted octanol–water partition coefficient (Wildman–Crippen LogP) is 4.25. The Labute approximate surface area is 222 Å². The number of fused-ring (bicyclic) bond motifs is 1. The van der Waals surface area contributed by atoms with E-state index in [1.165, 1.54) is 19.3 Å². The molecule has 2 fully saturated rings. The second-order valence-corrected chi connectivity index (χ2v) is 10.5. The maximum absolute atomic E-state index is 13.6. The Morgan fingerprint density at radius 3 is 2.58 bits per heavy atom. The summed E-state index contributed by atoms with van der Waals surface area (Å²) in [7, 11) is 1.71. The maximum atomic E-state index is 13.6. The molecular formula is C29H35N7O2. The van der Waals surface area contributed by atoms with Crippen LogP contribution in [-0.4, -0.2) is 63.4 Å². The van der Waals surface area contributed by atoms with Gasteiger partial charge in [0.15, 0.2) is 5.82 Å². The molecule has 1 aliphatic carbocycles.